The van der Waals surface area contributed by atoms with Gasteiger partial charge in [0.05, 0.1) is 19.9 Å². The van der Waals surface area contributed by atoms with Crippen molar-refractivity contribution < 1.29 is 19.1 Å². The summed E-state index contributed by atoms with van der Waals surface area (Å²) in [7, 11) is 2.96. The van der Waals surface area contributed by atoms with Gasteiger partial charge in [0.1, 0.15) is 23.8 Å². The Morgan fingerprint density at radius 1 is 1.22 bits per heavy atom. The molecule has 1 aliphatic heterocycles. The quantitative estimate of drug-likeness (QED) is 0.760. The van der Waals surface area contributed by atoms with Gasteiger partial charge in [0.2, 0.25) is 5.91 Å². The molecule has 0 spiro atoms. The highest BCUT2D eigenvalue weighted by Gasteiger charge is 2.34. The Kier molecular flexibility index (Phi) is 4.70. The number of thiophene rings is 1. The lowest BCUT2D eigenvalue weighted by atomic mass is 9.99. The number of carbonyl (C=O) groups is 2. The SMILES string of the molecule is COC(=O)CN1C(=O)CN=C(c2ccc(OC)cc2)c2c1sc1c2CCC1. The number of carbonyl (C=O) groups excluding carboxylic acids is 2. The number of methoxy groups -OCH3 is 2. The summed E-state index contributed by atoms with van der Waals surface area (Å²) < 4.78 is 10.0. The molecule has 0 saturated heterocycles. The van der Waals surface area contributed by atoms with Crippen molar-refractivity contribution in [2.45, 2.75) is 19.3 Å². The Labute approximate surface area is 161 Å². The van der Waals surface area contributed by atoms with Gasteiger partial charge in [0, 0.05) is 16.0 Å². The summed E-state index contributed by atoms with van der Waals surface area (Å²) >= 11 is 1.60. The molecule has 0 fully saturated rings. The topological polar surface area (TPSA) is 68.2 Å². The molecule has 1 aromatic carbocycles. The minimum atomic E-state index is -0.434. The molecule has 2 aliphatic rings. The van der Waals surface area contributed by atoms with E-state index in [4.69, 9.17) is 9.47 Å². The van der Waals surface area contributed by atoms with E-state index in [-0.39, 0.29) is 19.0 Å². The van der Waals surface area contributed by atoms with Gasteiger partial charge in [-0.15, -0.1) is 11.3 Å². The van der Waals surface area contributed by atoms with Crippen molar-refractivity contribution in [1.29, 1.82) is 0 Å². The van der Waals surface area contributed by atoms with Crippen LogP contribution >= 0.6 is 11.3 Å². The second kappa shape index (κ2) is 7.15. The molecule has 0 radical (unpaired) electrons. The molecular formula is C20H20N2O4S. The Hall–Kier alpha value is -2.67. The minimum Gasteiger partial charge on any atom is -0.497 e. The van der Waals surface area contributed by atoms with Crippen LogP contribution in [0.1, 0.15) is 28.0 Å². The number of fused-ring (bicyclic) bond motifs is 3. The monoisotopic (exact) mass is 384 g/mol. The summed E-state index contributed by atoms with van der Waals surface area (Å²) in [5.41, 5.74) is 4.01. The second-order valence-corrected chi connectivity index (χ2v) is 7.57. The van der Waals surface area contributed by atoms with Gasteiger partial charge in [0.25, 0.3) is 0 Å². The van der Waals surface area contributed by atoms with Crippen LogP contribution in [-0.2, 0) is 27.2 Å². The van der Waals surface area contributed by atoms with E-state index in [0.29, 0.717) is 0 Å². The molecule has 2 aromatic rings. The van der Waals surface area contributed by atoms with Crippen LogP contribution in [0.2, 0.25) is 0 Å². The van der Waals surface area contributed by atoms with Crippen LogP contribution in [0.25, 0.3) is 0 Å². The molecule has 1 amide bonds. The van der Waals surface area contributed by atoms with Crippen LogP contribution in [0, 0.1) is 0 Å². The van der Waals surface area contributed by atoms with Crippen molar-refractivity contribution in [3.05, 3.63) is 45.8 Å². The first-order valence-electron chi connectivity index (χ1n) is 8.83. The van der Waals surface area contributed by atoms with Crippen molar-refractivity contribution in [1.82, 2.24) is 0 Å². The summed E-state index contributed by atoms with van der Waals surface area (Å²) in [5.74, 6) is 0.146. The highest BCUT2D eigenvalue weighted by atomic mass is 32.1. The number of rotatable bonds is 4. The minimum absolute atomic E-state index is 0.00846. The number of hydrogen-bond acceptors (Lipinski definition) is 6. The van der Waals surface area contributed by atoms with Gasteiger partial charge in [-0.3, -0.25) is 19.5 Å². The first-order chi connectivity index (χ1) is 13.1. The van der Waals surface area contributed by atoms with Crippen molar-refractivity contribution in [2.75, 3.05) is 32.2 Å². The zero-order chi connectivity index (χ0) is 19.0. The van der Waals surface area contributed by atoms with Gasteiger partial charge < -0.3 is 9.47 Å². The van der Waals surface area contributed by atoms with E-state index in [1.807, 2.05) is 24.3 Å². The third-order valence-corrected chi connectivity index (χ3v) is 6.25. The molecule has 0 bridgehead atoms. The maximum Gasteiger partial charge on any atom is 0.325 e. The molecular weight excluding hydrogens is 364 g/mol. The van der Waals surface area contributed by atoms with E-state index in [0.717, 1.165) is 46.9 Å². The number of aliphatic imine (C=N–C) groups is 1. The van der Waals surface area contributed by atoms with Crippen LogP contribution in [-0.4, -0.2) is 44.9 Å². The van der Waals surface area contributed by atoms with Crippen molar-refractivity contribution in [3.8, 4) is 5.75 Å². The number of amides is 1. The number of aryl methyl sites for hydroxylation is 1. The number of ether oxygens (including phenoxy) is 2. The largest absolute Gasteiger partial charge is 0.497 e. The van der Waals surface area contributed by atoms with Crippen LogP contribution in [0.5, 0.6) is 5.75 Å². The molecule has 140 valence electrons. The van der Waals surface area contributed by atoms with Crippen LogP contribution in [0.3, 0.4) is 0 Å². The van der Waals surface area contributed by atoms with Gasteiger partial charge in [-0.25, -0.2) is 0 Å². The maximum absolute atomic E-state index is 12.7. The summed E-state index contributed by atoms with van der Waals surface area (Å²) in [6.45, 7) is -0.0817. The molecule has 0 N–H and O–H groups in total. The lowest BCUT2D eigenvalue weighted by Crippen LogP contribution is -2.37. The van der Waals surface area contributed by atoms with E-state index >= 15 is 0 Å². The molecule has 27 heavy (non-hydrogen) atoms. The average molecular weight is 384 g/mol. The lowest BCUT2D eigenvalue weighted by Gasteiger charge is -2.19. The normalized spacial score (nSPS) is 15.7. The van der Waals surface area contributed by atoms with E-state index in [2.05, 4.69) is 4.99 Å². The fourth-order valence-corrected chi connectivity index (χ4v) is 4.99. The molecule has 6 nitrogen and oxygen atoms in total. The zero-order valence-electron chi connectivity index (χ0n) is 15.3. The molecule has 2 heterocycles. The fraction of sp³-hybridized carbons (Fsp3) is 0.350. The van der Waals surface area contributed by atoms with Crippen LogP contribution in [0.15, 0.2) is 29.3 Å². The van der Waals surface area contributed by atoms with Gasteiger partial charge in [-0.2, -0.15) is 0 Å². The lowest BCUT2D eigenvalue weighted by molar-refractivity contribution is -0.139. The highest BCUT2D eigenvalue weighted by Crippen LogP contribution is 2.43. The Morgan fingerprint density at radius 3 is 2.70 bits per heavy atom. The number of esters is 1. The predicted molar refractivity (Wildman–Crippen MR) is 104 cm³/mol. The molecule has 4 rings (SSSR count). The summed E-state index contributed by atoms with van der Waals surface area (Å²) in [5, 5.41) is 0.808. The molecule has 0 unspecified atom stereocenters. The van der Waals surface area contributed by atoms with E-state index in [9.17, 15) is 9.59 Å². The third kappa shape index (κ3) is 3.12. The average Bonchev–Trinajstić information content (AvgIpc) is 3.25. The Balaban J connectivity index is 1.84. The van der Waals surface area contributed by atoms with Crippen LogP contribution < -0.4 is 9.64 Å². The van der Waals surface area contributed by atoms with Gasteiger partial charge >= 0.3 is 5.97 Å². The van der Waals surface area contributed by atoms with Gasteiger partial charge in [0.15, 0.2) is 0 Å². The Morgan fingerprint density at radius 2 is 2.00 bits per heavy atom. The predicted octanol–water partition coefficient (Wildman–Crippen LogP) is 2.60. The van der Waals surface area contributed by atoms with Crippen LogP contribution in [0.4, 0.5) is 5.00 Å². The zero-order valence-corrected chi connectivity index (χ0v) is 16.1. The second-order valence-electron chi connectivity index (χ2n) is 6.49. The number of benzene rings is 1. The van der Waals surface area contributed by atoms with Gasteiger partial charge in [-0.1, -0.05) is 0 Å². The molecule has 7 heteroatoms. The van der Waals surface area contributed by atoms with E-state index in [1.54, 1.807) is 18.4 Å². The highest BCUT2D eigenvalue weighted by molar-refractivity contribution is 7.17. The van der Waals surface area contributed by atoms with Crippen molar-refractivity contribution in [2.24, 2.45) is 4.99 Å². The summed E-state index contributed by atoms with van der Waals surface area (Å²) in [6, 6.07) is 7.70. The summed E-state index contributed by atoms with van der Waals surface area (Å²) in [4.78, 5) is 32.1. The molecule has 1 aliphatic carbocycles. The smallest absolute Gasteiger partial charge is 0.325 e. The van der Waals surface area contributed by atoms with Gasteiger partial charge in [-0.05, 0) is 49.1 Å². The fourth-order valence-electron chi connectivity index (χ4n) is 3.59. The standard InChI is InChI=1S/C20H20N2O4S/c1-25-13-8-6-12(7-9-13)19-18-14-4-3-5-15(14)27-20(18)22(11-17(24)26-2)16(23)10-21-19/h6-9H,3-5,10-11H2,1-2H3. The molecule has 1 aromatic heterocycles. The number of nitrogens with zero attached hydrogens (tertiary/aromatic N) is 2. The Bertz CT molecular complexity index is 930. The molecule has 0 atom stereocenters. The first-order valence-corrected chi connectivity index (χ1v) is 9.65. The van der Waals surface area contributed by atoms with E-state index < -0.39 is 5.97 Å². The van der Waals surface area contributed by atoms with Crippen molar-refractivity contribution >= 4 is 33.9 Å². The maximum atomic E-state index is 12.7. The first kappa shape index (κ1) is 17.7. The summed E-state index contributed by atoms with van der Waals surface area (Å²) in [6.07, 6.45) is 3.08. The number of anilines is 1. The third-order valence-electron chi connectivity index (χ3n) is 4.94. The van der Waals surface area contributed by atoms with Crippen molar-refractivity contribution in [3.63, 3.8) is 0 Å². The number of hydrogen-bond donors (Lipinski definition) is 0. The van der Waals surface area contributed by atoms with E-state index in [1.165, 1.54) is 22.5 Å². The molecule has 0 saturated carbocycles.